The van der Waals surface area contributed by atoms with Gasteiger partial charge in [0.1, 0.15) is 5.69 Å². The third kappa shape index (κ3) is 3.30. The van der Waals surface area contributed by atoms with E-state index in [1.807, 2.05) is 43.3 Å². The van der Waals surface area contributed by atoms with E-state index in [1.54, 1.807) is 6.20 Å². The Balaban J connectivity index is 1.78. The number of fused-ring (bicyclic) bond motifs is 1. The van der Waals surface area contributed by atoms with Gasteiger partial charge < -0.3 is 9.84 Å². The first kappa shape index (κ1) is 16.2. The first-order valence-electron chi connectivity index (χ1n) is 8.10. The summed E-state index contributed by atoms with van der Waals surface area (Å²) in [7, 11) is 0. The molecule has 0 bridgehead atoms. The van der Waals surface area contributed by atoms with Crippen LogP contribution in [0.4, 0.5) is 0 Å². The van der Waals surface area contributed by atoms with E-state index in [-0.39, 0.29) is 24.3 Å². The van der Waals surface area contributed by atoms with Gasteiger partial charge in [0.25, 0.3) is 0 Å². The Labute approximate surface area is 141 Å². The summed E-state index contributed by atoms with van der Waals surface area (Å²) in [4.78, 5) is 17.0. The first-order valence-corrected chi connectivity index (χ1v) is 8.10. The van der Waals surface area contributed by atoms with Crippen LogP contribution >= 0.6 is 0 Å². The second kappa shape index (κ2) is 6.83. The Morgan fingerprint density at radius 3 is 2.75 bits per heavy atom. The zero-order valence-electron chi connectivity index (χ0n) is 14.1. The fraction of sp³-hybridized carbons (Fsp3) is 0.316. The number of pyridine rings is 1. The molecule has 1 amide bonds. The molecule has 0 fully saturated rings. The lowest BCUT2D eigenvalue weighted by atomic mass is 9.97. The summed E-state index contributed by atoms with van der Waals surface area (Å²) in [6.45, 7) is 6.16. The van der Waals surface area contributed by atoms with Crippen molar-refractivity contribution in [3.8, 4) is 0 Å². The van der Waals surface area contributed by atoms with E-state index < -0.39 is 0 Å². The third-order valence-corrected chi connectivity index (χ3v) is 4.11. The quantitative estimate of drug-likeness (QED) is 0.779. The number of amides is 1. The van der Waals surface area contributed by atoms with Gasteiger partial charge in [-0.3, -0.25) is 9.78 Å². The molecule has 0 aliphatic carbocycles. The molecule has 0 spiro atoms. The van der Waals surface area contributed by atoms with E-state index in [0.29, 0.717) is 11.3 Å². The summed E-state index contributed by atoms with van der Waals surface area (Å²) in [5.41, 5.74) is 3.33. The number of nitrogens with one attached hydrogen (secondary N) is 1. The van der Waals surface area contributed by atoms with Crippen LogP contribution in [-0.2, 0) is 11.2 Å². The number of hydrogen-bond donors (Lipinski definition) is 1. The van der Waals surface area contributed by atoms with Crippen molar-refractivity contribution in [2.75, 3.05) is 0 Å². The molecule has 2 aromatic heterocycles. The topological polar surface area (TPSA) is 68.0 Å². The lowest BCUT2D eigenvalue weighted by Gasteiger charge is -2.23. The van der Waals surface area contributed by atoms with Gasteiger partial charge in [-0.1, -0.05) is 37.2 Å². The van der Waals surface area contributed by atoms with Gasteiger partial charge in [-0.05, 0) is 36.6 Å². The van der Waals surface area contributed by atoms with Crippen LogP contribution in [0.1, 0.15) is 36.8 Å². The van der Waals surface area contributed by atoms with E-state index >= 15 is 0 Å². The van der Waals surface area contributed by atoms with Crippen molar-refractivity contribution in [1.82, 2.24) is 15.5 Å². The van der Waals surface area contributed by atoms with Crippen LogP contribution in [-0.4, -0.2) is 16.0 Å². The predicted molar refractivity (Wildman–Crippen MR) is 92.4 cm³/mol. The molecule has 124 valence electrons. The smallest absolute Gasteiger partial charge is 0.226 e. The predicted octanol–water partition coefficient (Wildman–Crippen LogP) is 3.59. The second-order valence-corrected chi connectivity index (χ2v) is 6.30. The van der Waals surface area contributed by atoms with Crippen LogP contribution in [0.3, 0.4) is 0 Å². The number of aromatic nitrogens is 2. The second-order valence-electron chi connectivity index (χ2n) is 6.30. The molecule has 3 aromatic rings. The summed E-state index contributed by atoms with van der Waals surface area (Å²) in [5, 5.41) is 8.00. The molecular weight excluding hydrogens is 302 g/mol. The van der Waals surface area contributed by atoms with Gasteiger partial charge in [0, 0.05) is 11.6 Å². The van der Waals surface area contributed by atoms with Crippen LogP contribution in [0.15, 0.2) is 47.1 Å². The fourth-order valence-corrected chi connectivity index (χ4v) is 2.82. The average molecular weight is 323 g/mol. The van der Waals surface area contributed by atoms with E-state index in [9.17, 15) is 4.79 Å². The Bertz CT molecular complexity index is 854. The molecular formula is C19H21N3O2. The molecule has 5 nitrogen and oxygen atoms in total. The molecule has 24 heavy (non-hydrogen) atoms. The Kier molecular flexibility index (Phi) is 4.60. The van der Waals surface area contributed by atoms with Crippen molar-refractivity contribution < 1.29 is 9.32 Å². The van der Waals surface area contributed by atoms with Gasteiger partial charge in [-0.25, -0.2) is 0 Å². The van der Waals surface area contributed by atoms with E-state index in [4.69, 9.17) is 4.52 Å². The minimum absolute atomic E-state index is 0.0854. The molecule has 3 rings (SSSR count). The first-order chi connectivity index (χ1) is 11.6. The maximum absolute atomic E-state index is 12.5. The van der Waals surface area contributed by atoms with E-state index in [2.05, 4.69) is 29.3 Å². The molecule has 1 atom stereocenters. The van der Waals surface area contributed by atoms with E-state index in [1.165, 1.54) is 0 Å². The van der Waals surface area contributed by atoms with Crippen LogP contribution in [0.2, 0.25) is 0 Å². The van der Waals surface area contributed by atoms with Gasteiger partial charge in [0.2, 0.25) is 5.91 Å². The minimum atomic E-state index is -0.128. The molecule has 1 N–H and O–H groups in total. The highest BCUT2D eigenvalue weighted by Gasteiger charge is 2.22. The summed E-state index contributed by atoms with van der Waals surface area (Å²) >= 11 is 0. The fourth-order valence-electron chi connectivity index (χ4n) is 2.82. The molecule has 0 radical (unpaired) electrons. The highest BCUT2D eigenvalue weighted by molar-refractivity contribution is 5.86. The highest BCUT2D eigenvalue weighted by atomic mass is 16.5. The molecule has 0 saturated heterocycles. The summed E-state index contributed by atoms with van der Waals surface area (Å²) in [6, 6.07) is 11.3. The monoisotopic (exact) mass is 323 g/mol. The van der Waals surface area contributed by atoms with Crippen molar-refractivity contribution >= 4 is 16.9 Å². The molecule has 5 heteroatoms. The van der Waals surface area contributed by atoms with Crippen molar-refractivity contribution in [3.05, 3.63) is 59.5 Å². The number of hydrogen-bond acceptors (Lipinski definition) is 4. The van der Waals surface area contributed by atoms with Gasteiger partial charge in [0.15, 0.2) is 5.58 Å². The highest BCUT2D eigenvalue weighted by Crippen LogP contribution is 2.23. The van der Waals surface area contributed by atoms with E-state index in [0.717, 1.165) is 16.6 Å². The van der Waals surface area contributed by atoms with Crippen molar-refractivity contribution in [1.29, 1.82) is 0 Å². The number of carbonyl (C=O) groups is 1. The number of aryl methyl sites for hydroxylation is 1. The van der Waals surface area contributed by atoms with Gasteiger partial charge >= 0.3 is 0 Å². The van der Waals surface area contributed by atoms with Crippen molar-refractivity contribution in [2.24, 2.45) is 5.92 Å². The number of benzene rings is 1. The van der Waals surface area contributed by atoms with Gasteiger partial charge in [-0.15, -0.1) is 0 Å². The Morgan fingerprint density at radius 1 is 1.21 bits per heavy atom. The van der Waals surface area contributed by atoms with Crippen LogP contribution in [0.25, 0.3) is 11.0 Å². The molecule has 0 unspecified atom stereocenters. The summed E-state index contributed by atoms with van der Waals surface area (Å²) in [6.07, 6.45) is 1.95. The number of para-hydroxylation sites is 1. The number of carbonyl (C=O) groups excluding carboxylic acids is 1. The summed E-state index contributed by atoms with van der Waals surface area (Å²) < 4.78 is 5.26. The maximum atomic E-state index is 12.5. The lowest BCUT2D eigenvalue weighted by Crippen LogP contribution is -2.34. The maximum Gasteiger partial charge on any atom is 0.226 e. The SMILES string of the molecule is Cc1cccnc1[C@@H](NC(=O)Cc1noc2ccccc12)C(C)C. The van der Waals surface area contributed by atoms with Crippen LogP contribution in [0, 0.1) is 12.8 Å². The molecule has 0 aliphatic rings. The van der Waals surface area contributed by atoms with Gasteiger partial charge in [-0.2, -0.15) is 0 Å². The molecule has 0 saturated carbocycles. The zero-order chi connectivity index (χ0) is 17.1. The van der Waals surface area contributed by atoms with Crippen LogP contribution in [0.5, 0.6) is 0 Å². The largest absolute Gasteiger partial charge is 0.356 e. The standard InChI is InChI=1S/C19H21N3O2/c1-12(2)18(19-13(3)7-6-10-20-19)21-17(23)11-15-14-8-4-5-9-16(14)24-22-15/h4-10,12,18H,11H2,1-3H3,(H,21,23)/t18-/m0/s1. The summed E-state index contributed by atoms with van der Waals surface area (Å²) in [5.74, 6) is 0.148. The third-order valence-electron chi connectivity index (χ3n) is 4.11. The van der Waals surface area contributed by atoms with Crippen LogP contribution < -0.4 is 5.32 Å². The van der Waals surface area contributed by atoms with Crippen molar-refractivity contribution in [2.45, 2.75) is 33.2 Å². The van der Waals surface area contributed by atoms with Crippen molar-refractivity contribution in [3.63, 3.8) is 0 Å². The zero-order valence-corrected chi connectivity index (χ0v) is 14.1. The minimum Gasteiger partial charge on any atom is -0.356 e. The number of nitrogens with zero attached hydrogens (tertiary/aromatic N) is 2. The molecule has 2 heterocycles. The van der Waals surface area contributed by atoms with Gasteiger partial charge in [0.05, 0.1) is 18.2 Å². The molecule has 0 aliphatic heterocycles. The molecule has 1 aromatic carbocycles. The number of rotatable bonds is 5. The average Bonchev–Trinajstić information content (AvgIpc) is 2.96. The normalized spacial score (nSPS) is 12.5. The Morgan fingerprint density at radius 2 is 2.00 bits per heavy atom. The Hall–Kier alpha value is -2.69. The lowest BCUT2D eigenvalue weighted by molar-refractivity contribution is -0.121.